The first kappa shape index (κ1) is 15.2. The lowest BCUT2D eigenvalue weighted by atomic mass is 10.2. The number of ether oxygens (including phenoxy) is 1. The molecule has 2 heterocycles. The second-order valence-corrected chi connectivity index (χ2v) is 5.72. The number of hydrogen-bond donors (Lipinski definition) is 1. The molecule has 1 aliphatic heterocycles. The van der Waals surface area contributed by atoms with Gasteiger partial charge in [0.2, 0.25) is 0 Å². The Balaban J connectivity index is 1.76. The van der Waals surface area contributed by atoms with Crippen LogP contribution in [0.3, 0.4) is 0 Å². The van der Waals surface area contributed by atoms with Crippen molar-refractivity contribution in [1.82, 2.24) is 4.98 Å². The molecular formula is C20H17N3O2. The van der Waals surface area contributed by atoms with E-state index in [1.165, 1.54) is 0 Å². The highest BCUT2D eigenvalue weighted by molar-refractivity contribution is 6.11. The van der Waals surface area contributed by atoms with Gasteiger partial charge in [-0.25, -0.2) is 0 Å². The summed E-state index contributed by atoms with van der Waals surface area (Å²) in [7, 11) is 1.62. The van der Waals surface area contributed by atoms with Crippen molar-refractivity contribution in [2.75, 3.05) is 17.3 Å². The fourth-order valence-electron chi connectivity index (χ4n) is 3.02. The summed E-state index contributed by atoms with van der Waals surface area (Å²) in [6.07, 6.45) is 1.35. The fraction of sp³-hybridized carbons (Fsp3) is 0.100. The zero-order valence-electron chi connectivity index (χ0n) is 13.7. The van der Waals surface area contributed by atoms with Gasteiger partial charge in [0.25, 0.3) is 5.91 Å². The molecule has 1 amide bonds. The van der Waals surface area contributed by atoms with Crippen LogP contribution >= 0.6 is 0 Å². The average Bonchev–Trinajstić information content (AvgIpc) is 2.95. The van der Waals surface area contributed by atoms with Crippen LogP contribution in [0.5, 0.6) is 5.75 Å². The van der Waals surface area contributed by atoms with Gasteiger partial charge in [-0.15, -0.1) is 0 Å². The molecule has 0 aliphatic carbocycles. The molecule has 1 aromatic heterocycles. The molecule has 0 fully saturated rings. The molecule has 0 radical (unpaired) electrons. The number of methoxy groups -OCH3 is 1. The SMILES string of the molecule is COc1ccc(N2C(=O)c3cccnc3C2Nc2ccccc2)cc1. The number of rotatable bonds is 4. The van der Waals surface area contributed by atoms with Crippen molar-refractivity contribution in [3.63, 3.8) is 0 Å². The van der Waals surface area contributed by atoms with E-state index in [1.54, 1.807) is 24.3 Å². The molecule has 0 saturated heterocycles. The van der Waals surface area contributed by atoms with Crippen molar-refractivity contribution in [3.05, 3.63) is 84.2 Å². The monoisotopic (exact) mass is 331 g/mol. The number of para-hydroxylation sites is 1. The van der Waals surface area contributed by atoms with Gasteiger partial charge in [-0.2, -0.15) is 0 Å². The standard InChI is InChI=1S/C20H17N3O2/c1-25-16-11-9-15(10-12-16)23-19(22-14-6-3-2-4-7-14)18-17(20(23)24)8-5-13-21-18/h2-13,19,22H,1H3. The Morgan fingerprint density at radius 1 is 1.00 bits per heavy atom. The summed E-state index contributed by atoms with van der Waals surface area (Å²) in [5, 5.41) is 3.42. The highest BCUT2D eigenvalue weighted by Gasteiger charge is 2.38. The molecule has 5 heteroatoms. The van der Waals surface area contributed by atoms with E-state index in [2.05, 4.69) is 10.3 Å². The smallest absolute Gasteiger partial charge is 0.262 e. The Morgan fingerprint density at radius 2 is 1.76 bits per heavy atom. The van der Waals surface area contributed by atoms with Crippen LogP contribution in [0.1, 0.15) is 22.2 Å². The maximum absolute atomic E-state index is 13.0. The predicted molar refractivity (Wildman–Crippen MR) is 96.8 cm³/mol. The van der Waals surface area contributed by atoms with Gasteiger partial charge in [-0.1, -0.05) is 18.2 Å². The summed E-state index contributed by atoms with van der Waals surface area (Å²) in [5.74, 6) is 0.681. The lowest BCUT2D eigenvalue weighted by molar-refractivity contribution is 0.0993. The van der Waals surface area contributed by atoms with Gasteiger partial charge < -0.3 is 10.1 Å². The normalized spacial score (nSPS) is 15.8. The molecule has 124 valence electrons. The first-order valence-corrected chi connectivity index (χ1v) is 8.02. The van der Waals surface area contributed by atoms with Gasteiger partial charge in [0.15, 0.2) is 6.17 Å². The van der Waals surface area contributed by atoms with E-state index < -0.39 is 0 Å². The number of carbonyl (C=O) groups excluding carboxylic acids is 1. The van der Waals surface area contributed by atoms with Crippen molar-refractivity contribution in [1.29, 1.82) is 0 Å². The van der Waals surface area contributed by atoms with E-state index in [9.17, 15) is 4.79 Å². The number of amides is 1. The third-order valence-corrected chi connectivity index (χ3v) is 4.23. The molecule has 5 nitrogen and oxygen atoms in total. The zero-order valence-corrected chi connectivity index (χ0v) is 13.7. The van der Waals surface area contributed by atoms with E-state index in [4.69, 9.17) is 4.74 Å². The Kier molecular flexibility index (Phi) is 3.82. The lowest BCUT2D eigenvalue weighted by Gasteiger charge is -2.26. The highest BCUT2D eigenvalue weighted by atomic mass is 16.5. The molecule has 1 unspecified atom stereocenters. The van der Waals surface area contributed by atoms with Gasteiger partial charge in [-0.3, -0.25) is 14.7 Å². The minimum Gasteiger partial charge on any atom is -0.497 e. The van der Waals surface area contributed by atoms with E-state index in [-0.39, 0.29) is 12.1 Å². The van der Waals surface area contributed by atoms with Crippen LogP contribution in [0.15, 0.2) is 72.9 Å². The molecule has 1 aliphatic rings. The van der Waals surface area contributed by atoms with Gasteiger partial charge in [0, 0.05) is 17.6 Å². The van der Waals surface area contributed by atoms with Crippen molar-refractivity contribution in [2.24, 2.45) is 0 Å². The summed E-state index contributed by atoms with van der Waals surface area (Å²) in [5.41, 5.74) is 3.06. The topological polar surface area (TPSA) is 54.5 Å². The Labute approximate surface area is 145 Å². The number of nitrogens with zero attached hydrogens (tertiary/aromatic N) is 2. The summed E-state index contributed by atoms with van der Waals surface area (Å²) in [4.78, 5) is 19.1. The second kappa shape index (κ2) is 6.28. The van der Waals surface area contributed by atoms with E-state index >= 15 is 0 Å². The Morgan fingerprint density at radius 3 is 2.48 bits per heavy atom. The van der Waals surface area contributed by atoms with Gasteiger partial charge in [0.1, 0.15) is 5.75 Å². The van der Waals surface area contributed by atoms with Crippen LogP contribution in [0, 0.1) is 0 Å². The summed E-state index contributed by atoms with van der Waals surface area (Å²) in [6.45, 7) is 0. The fourth-order valence-corrected chi connectivity index (χ4v) is 3.02. The van der Waals surface area contributed by atoms with Crippen molar-refractivity contribution in [3.8, 4) is 5.75 Å². The first-order chi connectivity index (χ1) is 12.3. The number of fused-ring (bicyclic) bond motifs is 1. The van der Waals surface area contributed by atoms with E-state index in [1.807, 2.05) is 60.7 Å². The van der Waals surface area contributed by atoms with Gasteiger partial charge in [0.05, 0.1) is 18.4 Å². The summed E-state index contributed by atoms with van der Waals surface area (Å²) in [6, 6.07) is 20.9. The third kappa shape index (κ3) is 2.70. The highest BCUT2D eigenvalue weighted by Crippen LogP contribution is 2.37. The molecule has 25 heavy (non-hydrogen) atoms. The summed E-state index contributed by atoms with van der Waals surface area (Å²) >= 11 is 0. The minimum absolute atomic E-state index is 0.0679. The average molecular weight is 331 g/mol. The Bertz CT molecular complexity index is 894. The quantitative estimate of drug-likeness (QED) is 0.789. The van der Waals surface area contributed by atoms with Crippen LogP contribution < -0.4 is 15.0 Å². The number of hydrogen-bond acceptors (Lipinski definition) is 4. The van der Waals surface area contributed by atoms with Gasteiger partial charge in [-0.05, 0) is 48.5 Å². The first-order valence-electron chi connectivity index (χ1n) is 8.02. The molecule has 0 bridgehead atoms. The van der Waals surface area contributed by atoms with E-state index in [0.717, 1.165) is 22.8 Å². The molecule has 0 saturated carbocycles. The van der Waals surface area contributed by atoms with Crippen LogP contribution in [-0.4, -0.2) is 18.0 Å². The third-order valence-electron chi connectivity index (χ3n) is 4.23. The lowest BCUT2D eigenvalue weighted by Crippen LogP contribution is -2.32. The second-order valence-electron chi connectivity index (χ2n) is 5.72. The van der Waals surface area contributed by atoms with Gasteiger partial charge >= 0.3 is 0 Å². The Hall–Kier alpha value is -3.34. The molecule has 2 aromatic carbocycles. The van der Waals surface area contributed by atoms with Crippen LogP contribution in [0.4, 0.5) is 11.4 Å². The van der Waals surface area contributed by atoms with Crippen molar-refractivity contribution in [2.45, 2.75) is 6.17 Å². The number of anilines is 2. The number of benzene rings is 2. The molecule has 0 spiro atoms. The predicted octanol–water partition coefficient (Wildman–Crippen LogP) is 3.86. The number of aromatic nitrogens is 1. The zero-order chi connectivity index (χ0) is 17.2. The molecule has 4 rings (SSSR count). The molecule has 3 aromatic rings. The summed E-state index contributed by atoms with van der Waals surface area (Å²) < 4.78 is 5.21. The number of nitrogens with one attached hydrogen (secondary N) is 1. The molecular weight excluding hydrogens is 314 g/mol. The number of pyridine rings is 1. The molecule has 1 N–H and O–H groups in total. The van der Waals surface area contributed by atoms with E-state index in [0.29, 0.717) is 5.56 Å². The van der Waals surface area contributed by atoms with Crippen molar-refractivity contribution < 1.29 is 9.53 Å². The van der Waals surface area contributed by atoms with Crippen LogP contribution in [-0.2, 0) is 0 Å². The minimum atomic E-state index is -0.362. The largest absolute Gasteiger partial charge is 0.497 e. The maximum atomic E-state index is 13.0. The maximum Gasteiger partial charge on any atom is 0.262 e. The molecule has 1 atom stereocenters. The van der Waals surface area contributed by atoms with Crippen molar-refractivity contribution >= 4 is 17.3 Å². The van der Waals surface area contributed by atoms with Crippen LogP contribution in [0.25, 0.3) is 0 Å². The van der Waals surface area contributed by atoms with Crippen LogP contribution in [0.2, 0.25) is 0 Å². The number of carbonyl (C=O) groups is 1.